The summed E-state index contributed by atoms with van der Waals surface area (Å²) in [5.41, 5.74) is 0.206. The number of piperidine rings is 1. The van der Waals surface area contributed by atoms with Gasteiger partial charge in [0, 0.05) is 13.1 Å². The first-order valence-electron chi connectivity index (χ1n) is 8.18. The molecule has 0 aromatic rings. The van der Waals surface area contributed by atoms with Crippen LogP contribution in [0.25, 0.3) is 0 Å². The Kier molecular flexibility index (Phi) is 5.01. The summed E-state index contributed by atoms with van der Waals surface area (Å²) in [7, 11) is 0. The average molecular weight is 301 g/mol. The molecule has 2 saturated heterocycles. The van der Waals surface area contributed by atoms with Crippen LogP contribution in [-0.2, 0) is 4.79 Å². The Bertz CT molecular complexity index is 346. The molecule has 4 heteroatoms. The maximum absolute atomic E-state index is 12.8. The van der Waals surface area contributed by atoms with Crippen molar-refractivity contribution in [3.63, 3.8) is 0 Å². The molecule has 1 amide bonds. The van der Waals surface area contributed by atoms with E-state index in [1.807, 2.05) is 0 Å². The van der Waals surface area contributed by atoms with Gasteiger partial charge in [-0.3, -0.25) is 4.79 Å². The second kappa shape index (κ2) is 6.23. The standard InChI is InChI=1S/C16H28N2O.ClH/c1-15(7-5-6-11-17-15)14(19)18-12-10-16(13-18)8-3-2-4-9-16;/h17H,2-13H2,1H3;1H. The van der Waals surface area contributed by atoms with Crippen molar-refractivity contribution in [2.75, 3.05) is 19.6 Å². The van der Waals surface area contributed by atoms with Gasteiger partial charge < -0.3 is 10.2 Å². The highest BCUT2D eigenvalue weighted by molar-refractivity contribution is 5.86. The molecule has 2 aliphatic heterocycles. The molecule has 1 aliphatic carbocycles. The molecule has 116 valence electrons. The van der Waals surface area contributed by atoms with Crippen LogP contribution in [0.15, 0.2) is 0 Å². The molecule has 1 saturated carbocycles. The summed E-state index contributed by atoms with van der Waals surface area (Å²) >= 11 is 0. The van der Waals surface area contributed by atoms with Crippen LogP contribution in [0.5, 0.6) is 0 Å². The molecule has 3 rings (SSSR count). The summed E-state index contributed by atoms with van der Waals surface area (Å²) in [6, 6.07) is 0. The fourth-order valence-electron chi connectivity index (χ4n) is 4.41. The zero-order valence-corrected chi connectivity index (χ0v) is 13.6. The predicted molar refractivity (Wildman–Crippen MR) is 84.2 cm³/mol. The minimum atomic E-state index is -0.279. The zero-order chi connectivity index (χ0) is 13.3. The molecular weight excluding hydrogens is 272 g/mol. The van der Waals surface area contributed by atoms with Crippen LogP contribution >= 0.6 is 12.4 Å². The normalized spacial score (nSPS) is 33.0. The molecule has 1 atom stereocenters. The Morgan fingerprint density at radius 3 is 2.35 bits per heavy atom. The highest BCUT2D eigenvalue weighted by Gasteiger charge is 2.45. The van der Waals surface area contributed by atoms with E-state index in [2.05, 4.69) is 17.1 Å². The quantitative estimate of drug-likeness (QED) is 0.807. The summed E-state index contributed by atoms with van der Waals surface area (Å²) in [4.78, 5) is 15.0. The molecule has 20 heavy (non-hydrogen) atoms. The average Bonchev–Trinajstić information content (AvgIpc) is 2.83. The van der Waals surface area contributed by atoms with E-state index in [4.69, 9.17) is 0 Å². The maximum atomic E-state index is 12.8. The topological polar surface area (TPSA) is 32.3 Å². The van der Waals surface area contributed by atoms with E-state index >= 15 is 0 Å². The van der Waals surface area contributed by atoms with Crippen molar-refractivity contribution < 1.29 is 4.79 Å². The van der Waals surface area contributed by atoms with E-state index in [-0.39, 0.29) is 17.9 Å². The molecule has 2 heterocycles. The molecule has 3 nitrogen and oxygen atoms in total. The molecule has 3 fully saturated rings. The highest BCUT2D eigenvalue weighted by Crippen LogP contribution is 2.44. The largest absolute Gasteiger partial charge is 0.341 e. The van der Waals surface area contributed by atoms with Gasteiger partial charge >= 0.3 is 0 Å². The van der Waals surface area contributed by atoms with Gasteiger partial charge in [-0.1, -0.05) is 19.3 Å². The second-order valence-electron chi connectivity index (χ2n) is 7.25. The van der Waals surface area contributed by atoms with Gasteiger partial charge in [0.1, 0.15) is 0 Å². The van der Waals surface area contributed by atoms with Crippen LogP contribution < -0.4 is 5.32 Å². The highest BCUT2D eigenvalue weighted by atomic mass is 35.5. The van der Waals surface area contributed by atoms with E-state index < -0.39 is 0 Å². The van der Waals surface area contributed by atoms with Crippen molar-refractivity contribution in [2.45, 2.75) is 70.3 Å². The number of hydrogen-bond donors (Lipinski definition) is 1. The Hall–Kier alpha value is -0.280. The molecule has 0 bridgehead atoms. The molecule has 0 aromatic carbocycles. The Morgan fingerprint density at radius 1 is 1.00 bits per heavy atom. The number of hydrogen-bond acceptors (Lipinski definition) is 2. The first-order chi connectivity index (χ1) is 9.14. The van der Waals surface area contributed by atoms with E-state index in [0.29, 0.717) is 11.3 Å². The predicted octanol–water partition coefficient (Wildman–Crippen LogP) is 3.12. The monoisotopic (exact) mass is 300 g/mol. The van der Waals surface area contributed by atoms with E-state index in [1.165, 1.54) is 51.4 Å². The Balaban J connectivity index is 0.00000147. The van der Waals surface area contributed by atoms with Gasteiger partial charge in [-0.25, -0.2) is 0 Å². The summed E-state index contributed by atoms with van der Waals surface area (Å²) < 4.78 is 0. The number of carbonyl (C=O) groups excluding carboxylic acids is 1. The number of nitrogens with zero attached hydrogens (tertiary/aromatic N) is 1. The lowest BCUT2D eigenvalue weighted by molar-refractivity contribution is -0.138. The van der Waals surface area contributed by atoms with Gasteiger partial charge in [0.15, 0.2) is 0 Å². The number of nitrogens with one attached hydrogen (secondary N) is 1. The molecule has 3 aliphatic rings. The lowest BCUT2D eigenvalue weighted by atomic mass is 9.73. The van der Waals surface area contributed by atoms with E-state index in [9.17, 15) is 4.79 Å². The van der Waals surface area contributed by atoms with Crippen molar-refractivity contribution in [3.05, 3.63) is 0 Å². The number of amides is 1. The van der Waals surface area contributed by atoms with Crippen LogP contribution in [0, 0.1) is 5.41 Å². The third kappa shape index (κ3) is 2.99. The summed E-state index contributed by atoms with van der Waals surface area (Å²) in [6.07, 6.45) is 11.5. The van der Waals surface area contributed by atoms with Crippen LogP contribution in [0.2, 0.25) is 0 Å². The van der Waals surface area contributed by atoms with Gasteiger partial charge in [0.2, 0.25) is 5.91 Å². The van der Waals surface area contributed by atoms with Gasteiger partial charge in [-0.15, -0.1) is 12.4 Å². The third-order valence-electron chi connectivity index (χ3n) is 5.73. The van der Waals surface area contributed by atoms with Gasteiger partial charge in [-0.05, 0) is 57.4 Å². The Morgan fingerprint density at radius 2 is 1.70 bits per heavy atom. The van der Waals surface area contributed by atoms with Crippen molar-refractivity contribution in [3.8, 4) is 0 Å². The molecule has 1 N–H and O–H groups in total. The van der Waals surface area contributed by atoms with Crippen LogP contribution in [0.3, 0.4) is 0 Å². The summed E-state index contributed by atoms with van der Waals surface area (Å²) in [5, 5.41) is 3.47. The summed E-state index contributed by atoms with van der Waals surface area (Å²) in [6.45, 7) is 5.14. The zero-order valence-electron chi connectivity index (χ0n) is 12.7. The van der Waals surface area contributed by atoms with Crippen LogP contribution in [-0.4, -0.2) is 36.0 Å². The van der Waals surface area contributed by atoms with Crippen molar-refractivity contribution in [1.29, 1.82) is 0 Å². The fraction of sp³-hybridized carbons (Fsp3) is 0.938. The van der Waals surface area contributed by atoms with Gasteiger partial charge in [0.25, 0.3) is 0 Å². The first-order valence-corrected chi connectivity index (χ1v) is 8.18. The lowest BCUT2D eigenvalue weighted by Crippen LogP contribution is -2.57. The molecule has 1 unspecified atom stereocenters. The fourth-order valence-corrected chi connectivity index (χ4v) is 4.41. The second-order valence-corrected chi connectivity index (χ2v) is 7.25. The first kappa shape index (κ1) is 16.1. The number of rotatable bonds is 1. The molecule has 0 radical (unpaired) electrons. The van der Waals surface area contributed by atoms with Crippen LogP contribution in [0.1, 0.15) is 64.7 Å². The SMILES string of the molecule is CC1(C(=O)N2CCC3(CCCCC3)C2)CCCCN1.Cl. The van der Waals surface area contributed by atoms with Crippen molar-refractivity contribution in [2.24, 2.45) is 5.41 Å². The van der Waals surface area contributed by atoms with E-state index in [0.717, 1.165) is 26.1 Å². The minimum absolute atomic E-state index is 0. The van der Waals surface area contributed by atoms with Gasteiger partial charge in [0.05, 0.1) is 5.54 Å². The van der Waals surface area contributed by atoms with Crippen LogP contribution in [0.4, 0.5) is 0 Å². The number of carbonyl (C=O) groups is 1. The maximum Gasteiger partial charge on any atom is 0.242 e. The third-order valence-corrected chi connectivity index (χ3v) is 5.73. The van der Waals surface area contributed by atoms with Gasteiger partial charge in [-0.2, -0.15) is 0 Å². The molecule has 0 aromatic heterocycles. The molecular formula is C16H29ClN2O. The lowest BCUT2D eigenvalue weighted by Gasteiger charge is -2.38. The number of likely N-dealkylation sites (tertiary alicyclic amines) is 1. The number of halogens is 1. The van der Waals surface area contributed by atoms with Crippen molar-refractivity contribution >= 4 is 18.3 Å². The smallest absolute Gasteiger partial charge is 0.242 e. The summed E-state index contributed by atoms with van der Waals surface area (Å²) in [5.74, 6) is 0.370. The van der Waals surface area contributed by atoms with Crippen molar-refractivity contribution in [1.82, 2.24) is 10.2 Å². The Labute approximate surface area is 129 Å². The van der Waals surface area contributed by atoms with E-state index in [1.54, 1.807) is 0 Å². The molecule has 1 spiro atoms. The minimum Gasteiger partial charge on any atom is -0.341 e.